The minimum Gasteiger partial charge on any atom is -0.494 e. The lowest BCUT2D eigenvalue weighted by atomic mass is 10.0. The van der Waals surface area contributed by atoms with Crippen LogP contribution in [0.3, 0.4) is 0 Å². The number of likely N-dealkylation sites (tertiary alicyclic amines) is 1. The molecule has 1 amide bonds. The lowest BCUT2D eigenvalue weighted by Crippen LogP contribution is -2.52. The molecule has 0 radical (unpaired) electrons. The summed E-state index contributed by atoms with van der Waals surface area (Å²) in [5.41, 5.74) is 2.36. The number of piperidine rings is 1. The molecule has 0 aliphatic carbocycles. The molecule has 184 valence electrons. The van der Waals surface area contributed by atoms with Crippen LogP contribution in [0.5, 0.6) is 10.9 Å². The summed E-state index contributed by atoms with van der Waals surface area (Å²) in [6.07, 6.45) is 4.97. The quantitative estimate of drug-likeness (QED) is 0.472. The maximum absolute atomic E-state index is 13.2. The summed E-state index contributed by atoms with van der Waals surface area (Å²) in [6.45, 7) is 5.45. The molecule has 0 unspecified atom stereocenters. The number of pyridine rings is 2. The molecule has 1 N–H and O–H groups in total. The fourth-order valence-electron chi connectivity index (χ4n) is 4.16. The molecule has 5 heterocycles. The van der Waals surface area contributed by atoms with E-state index in [1.165, 1.54) is 30.8 Å². The fraction of sp³-hybridized carbons (Fsp3) is 0.435. The maximum atomic E-state index is 13.2. The van der Waals surface area contributed by atoms with Crippen molar-refractivity contribution < 1.29 is 19.0 Å². The maximum Gasteiger partial charge on any atom is 0.296 e. The van der Waals surface area contributed by atoms with Gasteiger partial charge in [0.2, 0.25) is 5.13 Å². The predicted octanol–water partition coefficient (Wildman–Crippen LogP) is 3.46. The molecule has 5 rings (SSSR count). The summed E-state index contributed by atoms with van der Waals surface area (Å²) in [7, 11) is 1.54. The van der Waals surface area contributed by atoms with Gasteiger partial charge < -0.3 is 14.2 Å². The van der Waals surface area contributed by atoms with Crippen molar-refractivity contribution in [3.8, 4) is 22.1 Å². The van der Waals surface area contributed by atoms with E-state index in [0.717, 1.165) is 44.8 Å². The molecule has 10 nitrogen and oxygen atoms in total. The third-order valence-electron chi connectivity index (χ3n) is 6.14. The summed E-state index contributed by atoms with van der Waals surface area (Å²) in [6, 6.07) is 4.01. The van der Waals surface area contributed by atoms with Crippen LogP contribution in [-0.4, -0.2) is 76.5 Å². The number of amides is 1. The van der Waals surface area contributed by atoms with Gasteiger partial charge in [0.1, 0.15) is 17.0 Å². The van der Waals surface area contributed by atoms with Crippen molar-refractivity contribution in [3.05, 3.63) is 40.9 Å². The number of halogens is 1. The van der Waals surface area contributed by atoms with E-state index in [1.54, 1.807) is 12.1 Å². The zero-order chi connectivity index (χ0) is 24.4. The van der Waals surface area contributed by atoms with Gasteiger partial charge in [-0.3, -0.25) is 20.0 Å². The highest BCUT2D eigenvalue weighted by Crippen LogP contribution is 2.34. The molecule has 0 bridgehead atoms. The summed E-state index contributed by atoms with van der Waals surface area (Å²) < 4.78 is 16.8. The highest BCUT2D eigenvalue weighted by atomic mass is 35.5. The molecule has 0 spiro atoms. The van der Waals surface area contributed by atoms with E-state index in [4.69, 9.17) is 25.8 Å². The average molecular weight is 517 g/mol. The van der Waals surface area contributed by atoms with Crippen LogP contribution in [0.4, 0.5) is 5.13 Å². The Hall–Kier alpha value is -2.86. The summed E-state index contributed by atoms with van der Waals surface area (Å²) >= 11 is 7.32. The topological polar surface area (TPSA) is 112 Å². The lowest BCUT2D eigenvalue weighted by Gasteiger charge is -2.41. The average Bonchev–Trinajstić information content (AvgIpc) is 3.25. The Balaban J connectivity index is 1.27. The van der Waals surface area contributed by atoms with Gasteiger partial charge in [-0.05, 0) is 43.2 Å². The van der Waals surface area contributed by atoms with Gasteiger partial charge in [-0.15, -0.1) is 5.10 Å². The number of methoxy groups -OCH3 is 1. The second kappa shape index (κ2) is 10.4. The van der Waals surface area contributed by atoms with E-state index in [-0.39, 0.29) is 12.0 Å². The van der Waals surface area contributed by atoms with Crippen molar-refractivity contribution in [2.45, 2.75) is 31.9 Å². The van der Waals surface area contributed by atoms with Gasteiger partial charge in [0.05, 0.1) is 38.1 Å². The normalized spacial score (nSPS) is 17.1. The molecule has 0 aromatic carbocycles. The van der Waals surface area contributed by atoms with E-state index >= 15 is 0 Å². The van der Waals surface area contributed by atoms with Crippen molar-refractivity contribution in [2.24, 2.45) is 0 Å². The van der Waals surface area contributed by atoms with E-state index < -0.39 is 0 Å². The van der Waals surface area contributed by atoms with Crippen molar-refractivity contribution in [2.75, 3.05) is 38.7 Å². The Kier molecular flexibility index (Phi) is 7.09. The molecule has 35 heavy (non-hydrogen) atoms. The molecule has 0 saturated carbocycles. The number of hydrogen-bond acceptors (Lipinski definition) is 10. The number of aryl methyl sites for hydroxylation is 1. The van der Waals surface area contributed by atoms with Crippen LogP contribution in [-0.2, 0) is 4.74 Å². The number of ether oxygens (including phenoxy) is 3. The zero-order valence-electron chi connectivity index (χ0n) is 19.4. The van der Waals surface area contributed by atoms with Gasteiger partial charge in [-0.25, -0.2) is 4.98 Å². The first-order chi connectivity index (χ1) is 17.0. The van der Waals surface area contributed by atoms with Crippen LogP contribution >= 0.6 is 22.9 Å². The predicted molar refractivity (Wildman–Crippen MR) is 131 cm³/mol. The molecule has 0 atom stereocenters. The standard InChI is InChI=1S/C23H25ClN6O4S/c1-13-7-16(17-8-20(24)26-10-19(17)32-2)18(9-25-13)21(31)27-22-28-29-23(35-22)34-15-3-5-30(6-4-15)14-11-33-12-14/h7-10,14-15H,3-6,11-12H2,1-2H3,(H,27,28,31). The molecular formula is C23H25ClN6O4S. The Morgan fingerprint density at radius 1 is 1.17 bits per heavy atom. The number of carbonyl (C=O) groups is 1. The lowest BCUT2D eigenvalue weighted by molar-refractivity contribution is -0.0778. The molecule has 3 aromatic heterocycles. The molecule has 2 aliphatic rings. The number of hydrogen-bond donors (Lipinski definition) is 1. The smallest absolute Gasteiger partial charge is 0.296 e. The molecule has 12 heteroatoms. The molecule has 2 saturated heterocycles. The fourth-order valence-corrected chi connectivity index (χ4v) is 4.98. The Morgan fingerprint density at radius 3 is 2.69 bits per heavy atom. The van der Waals surface area contributed by atoms with E-state index in [9.17, 15) is 4.79 Å². The summed E-state index contributed by atoms with van der Waals surface area (Å²) in [4.78, 5) is 24.0. The minimum absolute atomic E-state index is 0.0838. The largest absolute Gasteiger partial charge is 0.494 e. The first-order valence-corrected chi connectivity index (χ1v) is 12.5. The Labute approximate surface area is 211 Å². The van der Waals surface area contributed by atoms with Crippen LogP contribution in [0.2, 0.25) is 5.15 Å². The van der Waals surface area contributed by atoms with Crippen LogP contribution in [0.25, 0.3) is 11.1 Å². The SMILES string of the molecule is COc1cnc(Cl)cc1-c1cc(C)ncc1C(=O)Nc1nnc(OC2CCN(C3COC3)CC2)s1. The number of aromatic nitrogens is 4. The van der Waals surface area contributed by atoms with Crippen LogP contribution in [0.15, 0.2) is 24.5 Å². The summed E-state index contributed by atoms with van der Waals surface area (Å²) in [5, 5.41) is 12.1. The molecule has 3 aromatic rings. The van der Waals surface area contributed by atoms with Crippen LogP contribution in [0, 0.1) is 6.92 Å². The second-order valence-electron chi connectivity index (χ2n) is 8.45. The Morgan fingerprint density at radius 2 is 1.97 bits per heavy atom. The van der Waals surface area contributed by atoms with Crippen LogP contribution in [0.1, 0.15) is 28.9 Å². The number of nitrogens with zero attached hydrogens (tertiary/aromatic N) is 5. The third-order valence-corrected chi connectivity index (χ3v) is 7.07. The first-order valence-electron chi connectivity index (χ1n) is 11.3. The van der Waals surface area contributed by atoms with E-state index in [0.29, 0.717) is 44.0 Å². The number of rotatable bonds is 7. The minimum atomic E-state index is -0.374. The first kappa shape index (κ1) is 23.9. The highest BCUT2D eigenvalue weighted by molar-refractivity contribution is 7.17. The van der Waals surface area contributed by atoms with Gasteiger partial charge >= 0.3 is 0 Å². The van der Waals surface area contributed by atoms with Crippen molar-refractivity contribution >= 4 is 34.0 Å². The zero-order valence-corrected chi connectivity index (χ0v) is 20.9. The van der Waals surface area contributed by atoms with Gasteiger partial charge in [0.15, 0.2) is 0 Å². The highest BCUT2D eigenvalue weighted by Gasteiger charge is 2.30. The van der Waals surface area contributed by atoms with E-state index in [1.807, 2.05) is 6.92 Å². The van der Waals surface area contributed by atoms with E-state index in [2.05, 4.69) is 30.4 Å². The van der Waals surface area contributed by atoms with Gasteiger partial charge in [0, 0.05) is 36.1 Å². The van der Waals surface area contributed by atoms with Crippen molar-refractivity contribution in [1.29, 1.82) is 0 Å². The molecular weight excluding hydrogens is 492 g/mol. The third kappa shape index (κ3) is 5.37. The number of anilines is 1. The summed E-state index contributed by atoms with van der Waals surface area (Å²) in [5.74, 6) is 0.123. The van der Waals surface area contributed by atoms with Crippen molar-refractivity contribution in [3.63, 3.8) is 0 Å². The second-order valence-corrected chi connectivity index (χ2v) is 9.78. The van der Waals surface area contributed by atoms with Crippen molar-refractivity contribution in [1.82, 2.24) is 25.1 Å². The monoisotopic (exact) mass is 516 g/mol. The number of carbonyl (C=O) groups excluding carboxylic acids is 1. The Bertz CT molecular complexity index is 1210. The van der Waals surface area contributed by atoms with Gasteiger partial charge in [0.25, 0.3) is 11.1 Å². The molecule has 2 aliphatic heterocycles. The number of nitrogens with one attached hydrogen (secondary N) is 1. The van der Waals surface area contributed by atoms with Crippen LogP contribution < -0.4 is 14.8 Å². The molecule has 2 fully saturated rings. The van der Waals surface area contributed by atoms with Gasteiger partial charge in [-0.2, -0.15) is 0 Å². The van der Waals surface area contributed by atoms with Gasteiger partial charge in [-0.1, -0.05) is 16.7 Å².